The van der Waals surface area contributed by atoms with Crippen molar-refractivity contribution in [3.63, 3.8) is 0 Å². The second kappa shape index (κ2) is 6.16. The molecule has 4 rings (SSSR count). The predicted molar refractivity (Wildman–Crippen MR) is 95.8 cm³/mol. The lowest BCUT2D eigenvalue weighted by molar-refractivity contribution is 0.102. The molecule has 0 radical (unpaired) electrons. The molecule has 4 aromatic rings. The Morgan fingerprint density at radius 1 is 0.960 bits per heavy atom. The summed E-state index contributed by atoms with van der Waals surface area (Å²) < 4.78 is 1.64. The minimum Gasteiger partial charge on any atom is -0.305 e. The molecule has 0 aliphatic carbocycles. The maximum atomic E-state index is 12.5. The van der Waals surface area contributed by atoms with Crippen LogP contribution in [-0.4, -0.2) is 25.9 Å². The zero-order chi connectivity index (χ0) is 17.2. The summed E-state index contributed by atoms with van der Waals surface area (Å²) in [7, 11) is 0. The molecular weight excluding hydrogens is 314 g/mol. The molecule has 0 saturated carbocycles. The van der Waals surface area contributed by atoms with Gasteiger partial charge in [-0.15, -0.1) is 5.10 Å². The molecule has 6 heteroatoms. The van der Waals surface area contributed by atoms with Gasteiger partial charge in [0, 0.05) is 5.39 Å². The van der Waals surface area contributed by atoms with Crippen molar-refractivity contribution in [1.29, 1.82) is 0 Å². The summed E-state index contributed by atoms with van der Waals surface area (Å²) >= 11 is 0. The maximum absolute atomic E-state index is 12.5. The van der Waals surface area contributed by atoms with E-state index >= 15 is 0 Å². The van der Waals surface area contributed by atoms with Gasteiger partial charge in [-0.3, -0.25) is 4.79 Å². The number of carbonyl (C=O) groups is 1. The lowest BCUT2D eigenvalue weighted by Gasteiger charge is -2.05. The highest BCUT2D eigenvalue weighted by atomic mass is 16.2. The highest BCUT2D eigenvalue weighted by Crippen LogP contribution is 2.16. The van der Waals surface area contributed by atoms with Crippen LogP contribution >= 0.6 is 0 Å². The summed E-state index contributed by atoms with van der Waals surface area (Å²) in [6.07, 6.45) is 0. The van der Waals surface area contributed by atoms with E-state index in [2.05, 4.69) is 20.6 Å². The second-order valence-electron chi connectivity index (χ2n) is 5.61. The Hall–Kier alpha value is -3.54. The summed E-state index contributed by atoms with van der Waals surface area (Å²) in [5.74, 6) is 0.153. The monoisotopic (exact) mass is 329 g/mol. The van der Waals surface area contributed by atoms with Crippen LogP contribution in [0, 0.1) is 6.92 Å². The SMILES string of the molecule is Cc1c(C(=O)Nc2ccc3ccccc3n2)nnn1-c1ccccc1. The Morgan fingerprint density at radius 3 is 2.56 bits per heavy atom. The van der Waals surface area contributed by atoms with Gasteiger partial charge in [0.2, 0.25) is 0 Å². The first-order valence-corrected chi connectivity index (χ1v) is 7.87. The quantitative estimate of drug-likeness (QED) is 0.625. The molecule has 1 amide bonds. The lowest BCUT2D eigenvalue weighted by Crippen LogP contribution is -2.15. The van der Waals surface area contributed by atoms with Gasteiger partial charge in [0.05, 0.1) is 16.9 Å². The van der Waals surface area contributed by atoms with E-state index in [0.717, 1.165) is 16.6 Å². The highest BCUT2D eigenvalue weighted by molar-refractivity contribution is 6.03. The number of pyridine rings is 1. The first kappa shape index (κ1) is 15.0. The predicted octanol–water partition coefficient (Wildman–Crippen LogP) is 3.38. The van der Waals surface area contributed by atoms with Crippen LogP contribution in [0.4, 0.5) is 5.82 Å². The molecule has 0 fully saturated rings. The molecular formula is C19H15N5O. The van der Waals surface area contributed by atoms with Crippen molar-refractivity contribution in [1.82, 2.24) is 20.0 Å². The third-order valence-electron chi connectivity index (χ3n) is 3.95. The van der Waals surface area contributed by atoms with Crippen molar-refractivity contribution in [2.45, 2.75) is 6.92 Å². The number of aromatic nitrogens is 4. The zero-order valence-electron chi connectivity index (χ0n) is 13.5. The van der Waals surface area contributed by atoms with Gasteiger partial charge in [-0.2, -0.15) is 0 Å². The average molecular weight is 329 g/mol. The van der Waals surface area contributed by atoms with E-state index < -0.39 is 0 Å². The maximum Gasteiger partial charge on any atom is 0.279 e. The summed E-state index contributed by atoms with van der Waals surface area (Å²) in [6.45, 7) is 1.82. The normalized spacial score (nSPS) is 10.8. The van der Waals surface area contributed by atoms with Gasteiger partial charge >= 0.3 is 0 Å². The van der Waals surface area contributed by atoms with Gasteiger partial charge in [-0.05, 0) is 37.3 Å². The second-order valence-corrected chi connectivity index (χ2v) is 5.61. The Labute approximate surface area is 144 Å². The number of nitrogens with zero attached hydrogens (tertiary/aromatic N) is 4. The van der Waals surface area contributed by atoms with Crippen LogP contribution in [-0.2, 0) is 0 Å². The van der Waals surface area contributed by atoms with E-state index in [4.69, 9.17) is 0 Å². The van der Waals surface area contributed by atoms with Crippen LogP contribution in [0.1, 0.15) is 16.2 Å². The molecule has 0 spiro atoms. The van der Waals surface area contributed by atoms with E-state index in [-0.39, 0.29) is 11.6 Å². The van der Waals surface area contributed by atoms with Gasteiger partial charge < -0.3 is 5.32 Å². The van der Waals surface area contributed by atoms with Gasteiger partial charge in [0.1, 0.15) is 5.82 Å². The van der Waals surface area contributed by atoms with Crippen molar-refractivity contribution in [2.24, 2.45) is 0 Å². The molecule has 2 aromatic carbocycles. The number of nitrogens with one attached hydrogen (secondary N) is 1. The molecule has 0 bridgehead atoms. The first-order valence-electron chi connectivity index (χ1n) is 7.87. The number of amides is 1. The van der Waals surface area contributed by atoms with E-state index in [1.54, 1.807) is 10.7 Å². The Balaban J connectivity index is 1.61. The number of carbonyl (C=O) groups excluding carboxylic acids is 1. The number of hydrogen-bond acceptors (Lipinski definition) is 4. The van der Waals surface area contributed by atoms with E-state index in [9.17, 15) is 4.79 Å². The molecule has 2 aromatic heterocycles. The molecule has 0 unspecified atom stereocenters. The summed E-state index contributed by atoms with van der Waals surface area (Å²) in [6, 6.07) is 21.0. The van der Waals surface area contributed by atoms with Crippen LogP contribution in [0.5, 0.6) is 0 Å². The number of para-hydroxylation sites is 2. The third kappa shape index (κ3) is 2.85. The largest absolute Gasteiger partial charge is 0.305 e. The molecule has 122 valence electrons. The van der Waals surface area contributed by atoms with Gasteiger partial charge in [0.15, 0.2) is 5.69 Å². The Bertz CT molecular complexity index is 1060. The van der Waals surface area contributed by atoms with Gasteiger partial charge in [-0.25, -0.2) is 9.67 Å². The number of fused-ring (bicyclic) bond motifs is 1. The number of hydrogen-bond donors (Lipinski definition) is 1. The van der Waals surface area contributed by atoms with Crippen LogP contribution in [0.25, 0.3) is 16.6 Å². The van der Waals surface area contributed by atoms with Crippen LogP contribution < -0.4 is 5.32 Å². The number of anilines is 1. The standard InChI is InChI=1S/C19H15N5O/c1-13-18(22-23-24(13)15-8-3-2-4-9-15)19(25)21-17-12-11-14-7-5-6-10-16(14)20-17/h2-12H,1H3,(H,20,21,25). The van der Waals surface area contributed by atoms with Crippen molar-refractivity contribution in [3.8, 4) is 5.69 Å². The van der Waals surface area contributed by atoms with Gasteiger partial charge in [0.25, 0.3) is 5.91 Å². The first-order chi connectivity index (χ1) is 12.2. The lowest BCUT2D eigenvalue weighted by atomic mass is 10.2. The minimum absolute atomic E-state index is 0.277. The summed E-state index contributed by atoms with van der Waals surface area (Å²) in [5.41, 5.74) is 2.63. The van der Waals surface area contributed by atoms with E-state index in [1.165, 1.54) is 0 Å². The fourth-order valence-corrected chi connectivity index (χ4v) is 2.66. The smallest absolute Gasteiger partial charge is 0.279 e. The molecule has 0 atom stereocenters. The van der Waals surface area contributed by atoms with Crippen molar-refractivity contribution in [3.05, 3.63) is 78.1 Å². The molecule has 2 heterocycles. The topological polar surface area (TPSA) is 72.7 Å². The molecule has 0 aliphatic heterocycles. The van der Waals surface area contributed by atoms with Crippen LogP contribution in [0.2, 0.25) is 0 Å². The van der Waals surface area contributed by atoms with Crippen LogP contribution in [0.15, 0.2) is 66.7 Å². The number of rotatable bonds is 3. The highest BCUT2D eigenvalue weighted by Gasteiger charge is 2.17. The van der Waals surface area contributed by atoms with Crippen molar-refractivity contribution in [2.75, 3.05) is 5.32 Å². The third-order valence-corrected chi connectivity index (χ3v) is 3.95. The Kier molecular flexibility index (Phi) is 3.70. The van der Waals surface area contributed by atoms with E-state index in [1.807, 2.05) is 67.6 Å². The molecule has 6 nitrogen and oxygen atoms in total. The van der Waals surface area contributed by atoms with Crippen molar-refractivity contribution >= 4 is 22.6 Å². The molecule has 1 N–H and O–H groups in total. The fraction of sp³-hybridized carbons (Fsp3) is 0.0526. The molecule has 0 aliphatic rings. The zero-order valence-corrected chi connectivity index (χ0v) is 13.5. The fourth-order valence-electron chi connectivity index (χ4n) is 2.66. The van der Waals surface area contributed by atoms with E-state index in [0.29, 0.717) is 11.5 Å². The van der Waals surface area contributed by atoms with Crippen LogP contribution in [0.3, 0.4) is 0 Å². The summed E-state index contributed by atoms with van der Waals surface area (Å²) in [5, 5.41) is 11.9. The van der Waals surface area contributed by atoms with Crippen molar-refractivity contribution < 1.29 is 4.79 Å². The average Bonchev–Trinajstić information content (AvgIpc) is 3.04. The van der Waals surface area contributed by atoms with Gasteiger partial charge in [-0.1, -0.05) is 41.6 Å². The minimum atomic E-state index is -0.331. The Morgan fingerprint density at radius 2 is 1.72 bits per heavy atom. The summed E-state index contributed by atoms with van der Waals surface area (Å²) in [4.78, 5) is 17.0. The number of benzene rings is 2. The molecule has 25 heavy (non-hydrogen) atoms. The molecule has 0 saturated heterocycles.